The molecule has 1 aromatic heterocycles. The standard InChI is InChI=1S/C22H32N4O4S/c1-16-21(17(2)30-24-16)14-25(3)15-22(27)23-18-10-12-20(13-11-18)31(28,29)26(4)19-8-6-5-7-9-19/h10-13,19H,5-9,14-15H2,1-4H3,(H,23,27). The number of nitrogens with one attached hydrogen (secondary N) is 1. The van der Waals surface area contributed by atoms with E-state index in [1.807, 2.05) is 25.8 Å². The molecule has 0 saturated heterocycles. The van der Waals surface area contributed by atoms with Crippen LogP contribution in [0.15, 0.2) is 33.7 Å². The summed E-state index contributed by atoms with van der Waals surface area (Å²) in [6.45, 7) is 4.47. The molecule has 8 nitrogen and oxygen atoms in total. The lowest BCUT2D eigenvalue weighted by atomic mass is 9.96. The van der Waals surface area contributed by atoms with Crippen LogP contribution in [0.3, 0.4) is 0 Å². The van der Waals surface area contributed by atoms with Crippen molar-refractivity contribution in [2.75, 3.05) is 26.0 Å². The highest BCUT2D eigenvalue weighted by Crippen LogP contribution is 2.27. The van der Waals surface area contributed by atoms with E-state index in [1.54, 1.807) is 31.3 Å². The molecule has 1 heterocycles. The second-order valence-electron chi connectivity index (χ2n) is 8.36. The predicted molar refractivity (Wildman–Crippen MR) is 119 cm³/mol. The number of hydrogen-bond acceptors (Lipinski definition) is 6. The smallest absolute Gasteiger partial charge is 0.243 e. The van der Waals surface area contributed by atoms with Crippen LogP contribution in [0.1, 0.15) is 49.1 Å². The molecule has 1 amide bonds. The molecule has 0 spiro atoms. The molecule has 3 rings (SSSR count). The van der Waals surface area contributed by atoms with Gasteiger partial charge in [-0.3, -0.25) is 9.69 Å². The van der Waals surface area contributed by atoms with Crippen LogP contribution in [0.2, 0.25) is 0 Å². The minimum atomic E-state index is -3.54. The Bertz CT molecular complexity index is 976. The first-order chi connectivity index (χ1) is 14.7. The van der Waals surface area contributed by atoms with Crippen LogP contribution in [0.4, 0.5) is 5.69 Å². The first-order valence-electron chi connectivity index (χ1n) is 10.7. The molecule has 0 radical (unpaired) electrons. The highest BCUT2D eigenvalue weighted by molar-refractivity contribution is 7.89. The topological polar surface area (TPSA) is 95.7 Å². The molecular formula is C22H32N4O4S. The maximum Gasteiger partial charge on any atom is 0.243 e. The quantitative estimate of drug-likeness (QED) is 0.666. The van der Waals surface area contributed by atoms with Gasteiger partial charge in [0.05, 0.1) is 17.1 Å². The van der Waals surface area contributed by atoms with Crippen molar-refractivity contribution < 1.29 is 17.7 Å². The average Bonchev–Trinajstić information content (AvgIpc) is 3.06. The first kappa shape index (κ1) is 23.4. The number of carbonyl (C=O) groups is 1. The van der Waals surface area contributed by atoms with Gasteiger partial charge in [0.2, 0.25) is 15.9 Å². The van der Waals surface area contributed by atoms with Crippen LogP contribution in [-0.2, 0) is 21.4 Å². The third-order valence-electron chi connectivity index (χ3n) is 5.93. The number of sulfonamides is 1. The molecular weight excluding hydrogens is 416 g/mol. The molecule has 1 aliphatic rings. The second kappa shape index (κ2) is 9.93. The maximum atomic E-state index is 12.9. The Balaban J connectivity index is 1.57. The SMILES string of the molecule is Cc1noc(C)c1CN(C)CC(=O)Nc1ccc(S(=O)(=O)N(C)C2CCCCC2)cc1. The monoisotopic (exact) mass is 448 g/mol. The molecule has 170 valence electrons. The van der Waals surface area contributed by atoms with Gasteiger partial charge in [-0.25, -0.2) is 8.42 Å². The number of amides is 1. The normalized spacial score (nSPS) is 15.5. The molecule has 0 unspecified atom stereocenters. The van der Waals surface area contributed by atoms with Crippen molar-refractivity contribution in [3.63, 3.8) is 0 Å². The summed E-state index contributed by atoms with van der Waals surface area (Å²) in [7, 11) is -0.0305. The molecule has 0 bridgehead atoms. The number of hydrogen-bond donors (Lipinski definition) is 1. The van der Waals surface area contributed by atoms with E-state index in [-0.39, 0.29) is 23.4 Å². The molecule has 1 saturated carbocycles. The van der Waals surface area contributed by atoms with E-state index >= 15 is 0 Å². The summed E-state index contributed by atoms with van der Waals surface area (Å²) in [4.78, 5) is 14.5. The summed E-state index contributed by atoms with van der Waals surface area (Å²) in [5.74, 6) is 0.573. The number of nitrogens with zero attached hydrogens (tertiary/aromatic N) is 3. The molecule has 1 aromatic carbocycles. The first-order valence-corrected chi connectivity index (χ1v) is 12.1. The fourth-order valence-corrected chi connectivity index (χ4v) is 5.43. The molecule has 1 fully saturated rings. The summed E-state index contributed by atoms with van der Waals surface area (Å²) >= 11 is 0. The van der Waals surface area contributed by atoms with Crippen LogP contribution in [0.25, 0.3) is 0 Å². The van der Waals surface area contributed by atoms with E-state index in [0.29, 0.717) is 12.2 Å². The minimum absolute atomic E-state index is 0.0615. The lowest BCUT2D eigenvalue weighted by molar-refractivity contribution is -0.117. The van der Waals surface area contributed by atoms with Crippen LogP contribution in [0, 0.1) is 13.8 Å². The predicted octanol–water partition coefficient (Wildman–Crippen LogP) is 3.32. The third kappa shape index (κ3) is 5.72. The van der Waals surface area contributed by atoms with Gasteiger partial charge in [-0.15, -0.1) is 0 Å². The largest absolute Gasteiger partial charge is 0.361 e. The fourth-order valence-electron chi connectivity index (χ4n) is 4.02. The van der Waals surface area contributed by atoms with E-state index in [0.717, 1.165) is 42.7 Å². The van der Waals surface area contributed by atoms with E-state index in [4.69, 9.17) is 4.52 Å². The number of carbonyl (C=O) groups excluding carboxylic acids is 1. The van der Waals surface area contributed by atoms with Crippen LogP contribution < -0.4 is 5.32 Å². The Morgan fingerprint density at radius 2 is 1.77 bits per heavy atom. The van der Waals surface area contributed by atoms with E-state index in [1.165, 1.54) is 10.7 Å². The van der Waals surface area contributed by atoms with Crippen molar-refractivity contribution in [2.45, 2.75) is 63.4 Å². The van der Waals surface area contributed by atoms with Crippen LogP contribution in [0.5, 0.6) is 0 Å². The molecule has 1 N–H and O–H groups in total. The minimum Gasteiger partial charge on any atom is -0.361 e. The highest BCUT2D eigenvalue weighted by atomic mass is 32.2. The zero-order valence-electron chi connectivity index (χ0n) is 18.7. The van der Waals surface area contributed by atoms with Gasteiger partial charge in [-0.2, -0.15) is 4.31 Å². The summed E-state index contributed by atoms with van der Waals surface area (Å²) in [6, 6.07) is 6.43. The van der Waals surface area contributed by atoms with Crippen molar-refractivity contribution in [2.24, 2.45) is 0 Å². The number of aryl methyl sites for hydroxylation is 2. The number of anilines is 1. The number of rotatable bonds is 8. The van der Waals surface area contributed by atoms with Gasteiger partial charge in [-0.1, -0.05) is 24.4 Å². The highest BCUT2D eigenvalue weighted by Gasteiger charge is 2.29. The van der Waals surface area contributed by atoms with Crippen molar-refractivity contribution in [1.82, 2.24) is 14.4 Å². The third-order valence-corrected chi connectivity index (χ3v) is 7.85. The van der Waals surface area contributed by atoms with Gasteiger partial charge < -0.3 is 9.84 Å². The van der Waals surface area contributed by atoms with Gasteiger partial charge in [-0.05, 0) is 58.0 Å². The maximum absolute atomic E-state index is 12.9. The van der Waals surface area contributed by atoms with Crippen LogP contribution in [-0.4, -0.2) is 55.4 Å². The Hall–Kier alpha value is -2.23. The van der Waals surface area contributed by atoms with E-state index < -0.39 is 10.0 Å². The summed E-state index contributed by atoms with van der Waals surface area (Å²) in [5, 5.41) is 6.76. The number of aromatic nitrogens is 1. The van der Waals surface area contributed by atoms with E-state index in [9.17, 15) is 13.2 Å². The van der Waals surface area contributed by atoms with Crippen molar-refractivity contribution in [3.8, 4) is 0 Å². The summed E-state index contributed by atoms with van der Waals surface area (Å²) < 4.78 is 32.5. The number of likely N-dealkylation sites (N-methyl/N-ethyl adjacent to an activating group) is 1. The molecule has 9 heteroatoms. The van der Waals surface area contributed by atoms with Crippen molar-refractivity contribution in [3.05, 3.63) is 41.3 Å². The Labute approximate surface area is 184 Å². The van der Waals surface area contributed by atoms with Crippen molar-refractivity contribution in [1.29, 1.82) is 0 Å². The number of benzene rings is 1. The summed E-state index contributed by atoms with van der Waals surface area (Å²) in [6.07, 6.45) is 5.13. The lowest BCUT2D eigenvalue weighted by Crippen LogP contribution is -2.38. The van der Waals surface area contributed by atoms with Gasteiger partial charge in [0.15, 0.2) is 0 Å². The van der Waals surface area contributed by atoms with E-state index in [2.05, 4.69) is 10.5 Å². The van der Waals surface area contributed by atoms with Crippen LogP contribution >= 0.6 is 0 Å². The Morgan fingerprint density at radius 1 is 1.13 bits per heavy atom. The molecule has 31 heavy (non-hydrogen) atoms. The zero-order chi connectivity index (χ0) is 22.6. The average molecular weight is 449 g/mol. The molecule has 2 aromatic rings. The Kier molecular flexibility index (Phi) is 7.51. The lowest BCUT2D eigenvalue weighted by Gasteiger charge is -2.30. The Morgan fingerprint density at radius 3 is 2.35 bits per heavy atom. The van der Waals surface area contributed by atoms with Gasteiger partial charge in [0.1, 0.15) is 5.76 Å². The van der Waals surface area contributed by atoms with Gasteiger partial charge in [0, 0.05) is 30.9 Å². The van der Waals surface area contributed by atoms with Crippen molar-refractivity contribution >= 4 is 21.6 Å². The molecule has 0 aliphatic heterocycles. The fraction of sp³-hybridized carbons (Fsp3) is 0.545. The molecule has 0 atom stereocenters. The second-order valence-corrected chi connectivity index (χ2v) is 10.4. The molecule has 1 aliphatic carbocycles. The summed E-state index contributed by atoms with van der Waals surface area (Å²) in [5.41, 5.74) is 2.36. The van der Waals surface area contributed by atoms with Gasteiger partial charge in [0.25, 0.3) is 0 Å². The zero-order valence-corrected chi connectivity index (χ0v) is 19.5. The van der Waals surface area contributed by atoms with Gasteiger partial charge >= 0.3 is 0 Å².